The Balaban J connectivity index is 1.35. The number of hydrogen-bond acceptors (Lipinski definition) is 2. The van der Waals surface area contributed by atoms with E-state index in [1.807, 2.05) is 86.6 Å². The molecule has 9 rings (SSSR count). The SMILES string of the molecule is [C-]#[N+]/C(C#N)=C1\c2cc3c(cc2-c2cc(-c4ccc(C(F)(F)F)cc4)c(-c4ccc(C(F)(F)F)cc4)cc21)-c1cc(-c2ccc(C)cc2)c(-c2ccc(C)cc2)cc1/C3=C(/C#N)[N+]#[C-]. The maximum Gasteiger partial charge on any atom is 0.416 e. The molecule has 0 radical (unpaired) electrons. The van der Waals surface area contributed by atoms with Crippen molar-refractivity contribution in [3.63, 3.8) is 0 Å². The number of nitriles is 2. The number of hydrogen-bond donors (Lipinski definition) is 0. The fraction of sp³-hybridized carbons (Fsp3) is 0.0741. The van der Waals surface area contributed by atoms with Gasteiger partial charge in [0.15, 0.2) is 0 Å². The molecule has 2 aliphatic rings. The Morgan fingerprint density at radius 3 is 0.875 bits per heavy atom. The second kappa shape index (κ2) is 15.2. The average Bonchev–Trinajstić information content (AvgIpc) is 3.76. The maximum absolute atomic E-state index is 13.7. The topological polar surface area (TPSA) is 56.3 Å². The number of allylic oxidation sites excluding steroid dienone is 2. The molecule has 10 heteroatoms. The van der Waals surface area contributed by atoms with Gasteiger partial charge in [-0.15, -0.1) is 0 Å². The van der Waals surface area contributed by atoms with Crippen LogP contribution in [0.15, 0.2) is 145 Å². The molecular weight excluding hydrogens is 819 g/mol. The summed E-state index contributed by atoms with van der Waals surface area (Å²) in [7, 11) is 0. The molecule has 0 unspecified atom stereocenters. The van der Waals surface area contributed by atoms with Gasteiger partial charge in [-0.05, 0) is 164 Å². The minimum absolute atomic E-state index is 0.168. The highest BCUT2D eigenvalue weighted by molar-refractivity contribution is 6.13. The Labute approximate surface area is 364 Å². The number of nitrogens with zero attached hydrogens (tertiary/aromatic N) is 4. The first-order chi connectivity index (χ1) is 30.6. The molecule has 2 aliphatic carbocycles. The van der Waals surface area contributed by atoms with Crippen LogP contribution in [0.25, 0.3) is 87.6 Å². The number of rotatable bonds is 4. The van der Waals surface area contributed by atoms with Crippen molar-refractivity contribution in [2.24, 2.45) is 0 Å². The summed E-state index contributed by atoms with van der Waals surface area (Å²) in [5.41, 5.74) is 10.0. The maximum atomic E-state index is 13.7. The Bertz CT molecular complexity index is 3330. The van der Waals surface area contributed by atoms with E-state index in [-0.39, 0.29) is 17.0 Å². The molecule has 0 spiro atoms. The lowest BCUT2D eigenvalue weighted by Gasteiger charge is -2.16. The van der Waals surface area contributed by atoms with E-state index in [0.29, 0.717) is 66.8 Å². The first-order valence-electron chi connectivity index (χ1n) is 19.7. The summed E-state index contributed by atoms with van der Waals surface area (Å²) in [6, 6.07) is 40.2. The second-order valence-electron chi connectivity index (χ2n) is 15.6. The quantitative estimate of drug-likeness (QED) is 0.101. The van der Waals surface area contributed by atoms with Gasteiger partial charge in [0.2, 0.25) is 0 Å². The summed E-state index contributed by atoms with van der Waals surface area (Å²) in [4.78, 5) is 7.24. The Kier molecular flexibility index (Phi) is 9.71. The van der Waals surface area contributed by atoms with E-state index in [2.05, 4.69) is 15.8 Å². The molecule has 0 fully saturated rings. The van der Waals surface area contributed by atoms with E-state index in [0.717, 1.165) is 63.2 Å². The summed E-state index contributed by atoms with van der Waals surface area (Å²) < 4.78 is 82.3. The average molecular weight is 847 g/mol. The van der Waals surface area contributed by atoms with Gasteiger partial charge in [-0.3, -0.25) is 0 Å². The standard InChI is InChI=1S/C54H28F6N4/c1-29-5-9-31(10-6-29)37-21-41-43-25-44-42-22-38(33-13-17-35(18-14-33)53(55,56)57)40(34-15-19-36(20-16-34)54(58,59)60)24-46(42)52(50(28-62)64-4)48(44)26-47(43)51(49(27-61)63-3)45(41)23-39(37)32-11-7-30(2)8-12-32/h5-26H,1-2H3/b51-49+,52-50-. The summed E-state index contributed by atoms with van der Waals surface area (Å²) >= 11 is 0. The smallest absolute Gasteiger partial charge is 0.226 e. The minimum atomic E-state index is -4.63. The fourth-order valence-corrected chi connectivity index (χ4v) is 8.69. The third-order valence-corrected chi connectivity index (χ3v) is 11.8. The van der Waals surface area contributed by atoms with Gasteiger partial charge >= 0.3 is 12.4 Å². The van der Waals surface area contributed by atoms with Crippen molar-refractivity contribution in [3.05, 3.63) is 212 Å². The largest absolute Gasteiger partial charge is 0.416 e. The van der Waals surface area contributed by atoms with Crippen molar-refractivity contribution in [1.29, 1.82) is 10.5 Å². The van der Waals surface area contributed by atoms with Crippen molar-refractivity contribution in [2.45, 2.75) is 26.2 Å². The van der Waals surface area contributed by atoms with Crippen LogP contribution < -0.4 is 0 Å². The third kappa shape index (κ3) is 6.80. The molecule has 306 valence electrons. The molecule has 0 atom stereocenters. The van der Waals surface area contributed by atoms with E-state index in [1.165, 1.54) is 24.3 Å². The lowest BCUT2D eigenvalue weighted by Crippen LogP contribution is -2.04. The van der Waals surface area contributed by atoms with Gasteiger partial charge in [0.25, 0.3) is 11.4 Å². The van der Waals surface area contributed by atoms with Crippen molar-refractivity contribution >= 4 is 11.1 Å². The number of fused-ring (bicyclic) bond motifs is 6. The monoisotopic (exact) mass is 846 g/mol. The van der Waals surface area contributed by atoms with Crippen LogP contribution in [0.3, 0.4) is 0 Å². The summed E-state index contributed by atoms with van der Waals surface area (Å²) in [6.07, 6.45) is -9.25. The molecule has 0 aliphatic heterocycles. The van der Waals surface area contributed by atoms with E-state index in [1.54, 1.807) is 18.2 Å². The van der Waals surface area contributed by atoms with Crippen molar-refractivity contribution in [3.8, 4) is 78.9 Å². The summed E-state index contributed by atoms with van der Waals surface area (Å²) in [5.74, 6) is 0. The van der Waals surface area contributed by atoms with Crippen LogP contribution in [0.1, 0.15) is 44.5 Å². The molecule has 0 N–H and O–H groups in total. The van der Waals surface area contributed by atoms with Crippen molar-refractivity contribution in [2.75, 3.05) is 0 Å². The van der Waals surface area contributed by atoms with Gasteiger partial charge in [-0.25, -0.2) is 20.2 Å². The molecule has 0 heterocycles. The summed E-state index contributed by atoms with van der Waals surface area (Å²) in [5, 5.41) is 20.8. The van der Waals surface area contributed by atoms with Gasteiger partial charge in [0.1, 0.15) is 0 Å². The predicted molar refractivity (Wildman–Crippen MR) is 235 cm³/mol. The zero-order chi connectivity index (χ0) is 45.2. The Morgan fingerprint density at radius 2 is 0.625 bits per heavy atom. The molecule has 7 aromatic carbocycles. The third-order valence-electron chi connectivity index (χ3n) is 11.8. The number of benzene rings is 7. The molecule has 0 saturated heterocycles. The molecule has 7 aromatic rings. The van der Waals surface area contributed by atoms with E-state index in [9.17, 15) is 36.9 Å². The highest BCUT2D eigenvalue weighted by Crippen LogP contribution is 2.56. The van der Waals surface area contributed by atoms with Crippen LogP contribution in [0, 0.1) is 49.7 Å². The van der Waals surface area contributed by atoms with Crippen LogP contribution in [-0.4, -0.2) is 0 Å². The van der Waals surface area contributed by atoms with Gasteiger partial charge in [0.05, 0.1) is 36.4 Å². The lowest BCUT2D eigenvalue weighted by molar-refractivity contribution is -0.138. The van der Waals surface area contributed by atoms with Crippen LogP contribution in [0.5, 0.6) is 0 Å². The zero-order valence-electron chi connectivity index (χ0n) is 33.8. The van der Waals surface area contributed by atoms with Crippen LogP contribution in [-0.2, 0) is 12.4 Å². The highest BCUT2D eigenvalue weighted by Gasteiger charge is 2.36. The molecular formula is C54H28F6N4. The van der Waals surface area contributed by atoms with E-state index >= 15 is 0 Å². The lowest BCUT2D eigenvalue weighted by atomic mass is 9.88. The first-order valence-corrected chi connectivity index (χ1v) is 19.7. The van der Waals surface area contributed by atoms with Gasteiger partial charge in [-0.2, -0.15) is 26.3 Å². The Morgan fingerprint density at radius 1 is 0.391 bits per heavy atom. The van der Waals surface area contributed by atoms with E-state index in [4.69, 9.17) is 13.1 Å². The fourth-order valence-electron chi connectivity index (χ4n) is 8.69. The number of alkyl halides is 6. The van der Waals surface area contributed by atoms with Gasteiger partial charge in [0, 0.05) is 11.1 Å². The molecule has 4 nitrogen and oxygen atoms in total. The van der Waals surface area contributed by atoms with E-state index < -0.39 is 23.5 Å². The molecule has 0 saturated carbocycles. The van der Waals surface area contributed by atoms with Gasteiger partial charge < -0.3 is 0 Å². The minimum Gasteiger partial charge on any atom is -0.226 e. The molecule has 64 heavy (non-hydrogen) atoms. The molecule has 0 amide bonds. The Hall–Kier alpha value is -8.44. The molecule has 0 aromatic heterocycles. The molecule has 0 bridgehead atoms. The predicted octanol–water partition coefficient (Wildman–Crippen LogP) is 15.4. The first kappa shape index (κ1) is 40.9. The highest BCUT2D eigenvalue weighted by atomic mass is 19.4. The van der Waals surface area contributed by atoms with Crippen LogP contribution in [0.4, 0.5) is 26.3 Å². The van der Waals surface area contributed by atoms with Crippen LogP contribution in [0.2, 0.25) is 0 Å². The van der Waals surface area contributed by atoms with Crippen molar-refractivity contribution < 1.29 is 26.3 Å². The normalized spacial score (nSPS) is 13.9. The van der Waals surface area contributed by atoms with Crippen molar-refractivity contribution in [1.82, 2.24) is 0 Å². The van der Waals surface area contributed by atoms with Crippen LogP contribution >= 0.6 is 0 Å². The second-order valence-corrected chi connectivity index (χ2v) is 15.6. The number of aryl methyl sites for hydroxylation is 2. The zero-order valence-corrected chi connectivity index (χ0v) is 33.8. The summed E-state index contributed by atoms with van der Waals surface area (Å²) in [6.45, 7) is 20.2. The van der Waals surface area contributed by atoms with Gasteiger partial charge in [-0.1, -0.05) is 83.9 Å². The number of halogens is 6.